The van der Waals surface area contributed by atoms with Crippen molar-refractivity contribution in [3.05, 3.63) is 35.7 Å². The Morgan fingerprint density at radius 3 is 2.42 bits per heavy atom. The summed E-state index contributed by atoms with van der Waals surface area (Å²) in [7, 11) is 2.20. The first-order valence-electron chi connectivity index (χ1n) is 9.57. The standard InChI is InChI=1S/C20H27N5O/c1-14-21-19(23-22-14)16-3-5-17(6-4-16)20(26)25-12-9-18(13-25)15-7-10-24(2)11-8-15/h3-6,15,18H,7-13H2,1-2H3,(H,21,22,23). The third-order valence-electron chi connectivity index (χ3n) is 5.93. The van der Waals surface area contributed by atoms with Gasteiger partial charge in [-0.15, -0.1) is 0 Å². The fraction of sp³-hybridized carbons (Fsp3) is 0.550. The van der Waals surface area contributed by atoms with E-state index in [1.165, 1.54) is 25.9 Å². The molecule has 2 saturated heterocycles. The number of nitrogens with zero attached hydrogens (tertiary/aromatic N) is 4. The average Bonchev–Trinajstić information content (AvgIpc) is 3.31. The maximum atomic E-state index is 12.9. The van der Waals surface area contributed by atoms with Crippen molar-refractivity contribution in [2.45, 2.75) is 26.2 Å². The van der Waals surface area contributed by atoms with Crippen LogP contribution in [0.1, 0.15) is 35.4 Å². The number of aryl methyl sites for hydroxylation is 1. The van der Waals surface area contributed by atoms with Crippen LogP contribution in [0.15, 0.2) is 24.3 Å². The number of piperidine rings is 1. The van der Waals surface area contributed by atoms with E-state index in [0.717, 1.165) is 42.4 Å². The largest absolute Gasteiger partial charge is 0.338 e. The Bertz CT molecular complexity index is 761. The molecule has 2 aliphatic heterocycles. The summed E-state index contributed by atoms with van der Waals surface area (Å²) in [6, 6.07) is 7.65. The van der Waals surface area contributed by atoms with Gasteiger partial charge in [-0.25, -0.2) is 4.98 Å². The van der Waals surface area contributed by atoms with Gasteiger partial charge >= 0.3 is 0 Å². The van der Waals surface area contributed by atoms with Crippen LogP contribution >= 0.6 is 0 Å². The number of aromatic nitrogens is 3. The highest BCUT2D eigenvalue weighted by molar-refractivity contribution is 5.94. The molecule has 138 valence electrons. The lowest BCUT2D eigenvalue weighted by atomic mass is 9.84. The Balaban J connectivity index is 1.38. The molecule has 3 heterocycles. The number of carbonyl (C=O) groups excluding carboxylic acids is 1. The number of rotatable bonds is 3. The lowest BCUT2D eigenvalue weighted by Crippen LogP contribution is -2.35. The molecule has 1 N–H and O–H groups in total. The van der Waals surface area contributed by atoms with Crippen LogP contribution in [0.25, 0.3) is 11.4 Å². The number of amides is 1. The van der Waals surface area contributed by atoms with E-state index in [1.54, 1.807) is 0 Å². The summed E-state index contributed by atoms with van der Waals surface area (Å²) in [6.45, 7) is 6.06. The number of H-pyrrole nitrogens is 1. The van der Waals surface area contributed by atoms with Crippen LogP contribution in [0.3, 0.4) is 0 Å². The fourth-order valence-electron chi connectivity index (χ4n) is 4.27. The van der Waals surface area contributed by atoms with E-state index in [9.17, 15) is 4.79 Å². The number of likely N-dealkylation sites (tertiary alicyclic amines) is 2. The van der Waals surface area contributed by atoms with Gasteiger partial charge in [-0.05, 0) is 70.3 Å². The summed E-state index contributed by atoms with van der Waals surface area (Å²) in [5.41, 5.74) is 1.68. The van der Waals surface area contributed by atoms with Crippen LogP contribution in [0.2, 0.25) is 0 Å². The van der Waals surface area contributed by atoms with Gasteiger partial charge in [0.15, 0.2) is 5.82 Å². The highest BCUT2D eigenvalue weighted by Gasteiger charge is 2.33. The zero-order valence-electron chi connectivity index (χ0n) is 15.6. The normalized spacial score (nSPS) is 22.1. The van der Waals surface area contributed by atoms with Crippen molar-refractivity contribution in [2.75, 3.05) is 33.2 Å². The topological polar surface area (TPSA) is 65.1 Å². The predicted octanol–water partition coefficient (Wildman–Crippen LogP) is 2.58. The Morgan fingerprint density at radius 1 is 1.08 bits per heavy atom. The Morgan fingerprint density at radius 2 is 1.77 bits per heavy atom. The van der Waals surface area contributed by atoms with E-state index < -0.39 is 0 Å². The summed E-state index contributed by atoms with van der Waals surface area (Å²) in [5, 5.41) is 7.02. The molecule has 2 fully saturated rings. The Labute approximate surface area is 154 Å². The third kappa shape index (κ3) is 3.51. The molecule has 1 atom stereocenters. The lowest BCUT2D eigenvalue weighted by Gasteiger charge is -2.32. The molecule has 6 nitrogen and oxygen atoms in total. The van der Waals surface area contributed by atoms with E-state index >= 15 is 0 Å². The number of hydrogen-bond donors (Lipinski definition) is 1. The number of benzene rings is 1. The summed E-state index contributed by atoms with van der Waals surface area (Å²) in [5.74, 6) is 3.06. The molecule has 1 aromatic heterocycles. The molecule has 26 heavy (non-hydrogen) atoms. The van der Waals surface area contributed by atoms with E-state index in [2.05, 4.69) is 27.1 Å². The average molecular weight is 353 g/mol. The first-order chi connectivity index (χ1) is 12.6. The van der Waals surface area contributed by atoms with Gasteiger partial charge in [0.05, 0.1) is 0 Å². The molecule has 0 bridgehead atoms. The Kier molecular flexibility index (Phi) is 4.76. The second kappa shape index (κ2) is 7.19. The second-order valence-corrected chi connectivity index (χ2v) is 7.76. The van der Waals surface area contributed by atoms with Gasteiger partial charge in [-0.1, -0.05) is 12.1 Å². The van der Waals surface area contributed by atoms with E-state index in [0.29, 0.717) is 11.7 Å². The monoisotopic (exact) mass is 353 g/mol. The smallest absolute Gasteiger partial charge is 0.253 e. The van der Waals surface area contributed by atoms with Crippen LogP contribution in [0.4, 0.5) is 0 Å². The minimum atomic E-state index is 0.151. The van der Waals surface area contributed by atoms with E-state index in [1.807, 2.05) is 36.1 Å². The van der Waals surface area contributed by atoms with Crippen LogP contribution in [0.5, 0.6) is 0 Å². The molecular weight excluding hydrogens is 326 g/mol. The molecule has 0 saturated carbocycles. The van der Waals surface area contributed by atoms with E-state index in [-0.39, 0.29) is 5.91 Å². The number of carbonyl (C=O) groups is 1. The van der Waals surface area contributed by atoms with Crippen LogP contribution in [-0.2, 0) is 0 Å². The quantitative estimate of drug-likeness (QED) is 0.921. The summed E-state index contributed by atoms with van der Waals surface area (Å²) >= 11 is 0. The summed E-state index contributed by atoms with van der Waals surface area (Å²) < 4.78 is 0. The second-order valence-electron chi connectivity index (χ2n) is 7.76. The molecule has 1 unspecified atom stereocenters. The van der Waals surface area contributed by atoms with Crippen molar-refractivity contribution in [3.63, 3.8) is 0 Å². The lowest BCUT2D eigenvalue weighted by molar-refractivity contribution is 0.0776. The van der Waals surface area contributed by atoms with Gasteiger partial charge < -0.3 is 9.80 Å². The van der Waals surface area contributed by atoms with Crippen LogP contribution < -0.4 is 0 Å². The van der Waals surface area contributed by atoms with Crippen molar-refractivity contribution < 1.29 is 4.79 Å². The van der Waals surface area contributed by atoms with Crippen LogP contribution in [-0.4, -0.2) is 64.1 Å². The SMILES string of the molecule is Cc1nc(-c2ccc(C(=O)N3CCC(C4CCN(C)CC4)C3)cc2)n[nH]1. The molecule has 4 rings (SSSR count). The van der Waals surface area contributed by atoms with Crippen molar-refractivity contribution in [1.82, 2.24) is 25.0 Å². The van der Waals surface area contributed by atoms with Crippen molar-refractivity contribution in [2.24, 2.45) is 11.8 Å². The number of nitrogens with one attached hydrogen (secondary N) is 1. The zero-order valence-corrected chi connectivity index (χ0v) is 15.6. The minimum Gasteiger partial charge on any atom is -0.338 e. The predicted molar refractivity (Wildman–Crippen MR) is 101 cm³/mol. The summed E-state index contributed by atoms with van der Waals surface area (Å²) in [6.07, 6.45) is 3.69. The molecule has 1 amide bonds. The highest BCUT2D eigenvalue weighted by atomic mass is 16.2. The zero-order chi connectivity index (χ0) is 18.1. The van der Waals surface area contributed by atoms with Gasteiger partial charge in [0.2, 0.25) is 0 Å². The fourth-order valence-corrected chi connectivity index (χ4v) is 4.27. The maximum Gasteiger partial charge on any atom is 0.253 e. The van der Waals surface area contributed by atoms with Gasteiger partial charge in [-0.3, -0.25) is 9.89 Å². The third-order valence-corrected chi connectivity index (χ3v) is 5.93. The molecule has 0 aliphatic carbocycles. The molecule has 0 radical (unpaired) electrons. The molecule has 0 spiro atoms. The van der Waals surface area contributed by atoms with Gasteiger partial charge in [0.25, 0.3) is 5.91 Å². The van der Waals surface area contributed by atoms with Crippen LogP contribution in [0, 0.1) is 18.8 Å². The van der Waals surface area contributed by atoms with E-state index in [4.69, 9.17) is 0 Å². The van der Waals surface area contributed by atoms with Crippen molar-refractivity contribution in [1.29, 1.82) is 0 Å². The molecule has 6 heteroatoms. The van der Waals surface area contributed by atoms with Crippen molar-refractivity contribution in [3.8, 4) is 11.4 Å². The molecular formula is C20H27N5O. The first-order valence-corrected chi connectivity index (χ1v) is 9.57. The molecule has 2 aliphatic rings. The number of hydrogen-bond acceptors (Lipinski definition) is 4. The minimum absolute atomic E-state index is 0.151. The molecule has 1 aromatic carbocycles. The highest BCUT2D eigenvalue weighted by Crippen LogP contribution is 2.32. The number of aromatic amines is 1. The Hall–Kier alpha value is -2.21. The molecule has 2 aromatic rings. The maximum absolute atomic E-state index is 12.9. The van der Waals surface area contributed by atoms with Gasteiger partial charge in [-0.2, -0.15) is 5.10 Å². The van der Waals surface area contributed by atoms with Gasteiger partial charge in [0, 0.05) is 24.2 Å². The van der Waals surface area contributed by atoms with Gasteiger partial charge in [0.1, 0.15) is 5.82 Å². The van der Waals surface area contributed by atoms with Crippen molar-refractivity contribution >= 4 is 5.91 Å². The first kappa shape index (κ1) is 17.2. The summed E-state index contributed by atoms with van der Waals surface area (Å²) in [4.78, 5) is 21.6.